The lowest BCUT2D eigenvalue weighted by Gasteiger charge is -2.16. The fraction of sp³-hybridized carbons (Fsp3) is 0.500. The highest BCUT2D eigenvalue weighted by Gasteiger charge is 2.33. The third-order valence-corrected chi connectivity index (χ3v) is 1.29. The molecule has 0 spiro atoms. The Morgan fingerprint density at radius 2 is 1.62 bits per heavy atom. The second-order valence-corrected chi connectivity index (χ2v) is 2.23. The highest BCUT2D eigenvalue weighted by atomic mass is 16.4. The summed E-state index contributed by atoms with van der Waals surface area (Å²) in [5.41, 5.74) is 0. The Morgan fingerprint density at radius 3 is 1.92 bits per heavy atom. The third kappa shape index (κ3) is 2.90. The summed E-state index contributed by atoms with van der Waals surface area (Å²) in [6.45, 7) is 0. The normalized spacial score (nSPS) is 17.2. The van der Waals surface area contributed by atoms with Crippen LogP contribution in [0.1, 0.15) is 0 Å². The van der Waals surface area contributed by atoms with E-state index >= 15 is 0 Å². The van der Waals surface area contributed by atoms with Crippen molar-refractivity contribution in [1.82, 2.24) is 0 Å². The summed E-state index contributed by atoms with van der Waals surface area (Å²) in [7, 11) is 0. The molecule has 0 aromatic rings. The lowest BCUT2D eigenvalue weighted by Crippen LogP contribution is -2.45. The van der Waals surface area contributed by atoms with Crippen molar-refractivity contribution in [2.45, 2.75) is 18.3 Å². The van der Waals surface area contributed by atoms with Gasteiger partial charge in [-0.3, -0.25) is 4.79 Å². The molecule has 7 nitrogen and oxygen atoms in total. The van der Waals surface area contributed by atoms with E-state index in [1.165, 1.54) is 0 Å². The van der Waals surface area contributed by atoms with E-state index in [0.717, 1.165) is 0 Å². The molecule has 0 unspecified atom stereocenters. The van der Waals surface area contributed by atoms with E-state index in [1.807, 2.05) is 0 Å². The van der Waals surface area contributed by atoms with Gasteiger partial charge in [-0.2, -0.15) is 0 Å². The van der Waals surface area contributed by atoms with E-state index < -0.39 is 30.1 Å². The number of carboxylic acids is 1. The van der Waals surface area contributed by atoms with Crippen LogP contribution in [0, 0.1) is 0 Å². The second-order valence-electron chi connectivity index (χ2n) is 2.23. The molecule has 0 heterocycles. The zero-order valence-electron chi connectivity index (χ0n) is 6.32. The van der Waals surface area contributed by atoms with Gasteiger partial charge in [0.25, 0.3) is 5.78 Å². The van der Waals surface area contributed by atoms with Gasteiger partial charge in [0.05, 0.1) is 0 Å². The van der Waals surface area contributed by atoms with E-state index in [0.29, 0.717) is 0 Å². The number of carboxylic acid groups (broad SMARTS) is 1. The maximum absolute atomic E-state index is 10.5. The molecule has 0 aliphatic heterocycles. The van der Waals surface area contributed by atoms with Crippen LogP contribution < -0.4 is 0 Å². The van der Waals surface area contributed by atoms with E-state index in [2.05, 4.69) is 0 Å². The molecule has 0 aromatic carbocycles. The number of hydrogen-bond donors (Lipinski definition) is 4. The maximum Gasteiger partial charge on any atom is 0.375 e. The second kappa shape index (κ2) is 4.65. The molecule has 3 atom stereocenters. The highest BCUT2D eigenvalue weighted by Crippen LogP contribution is 1.99. The number of Topliss-reactive ketones (excluding diaryl/α,β-unsaturated/α-hetero) is 1. The summed E-state index contributed by atoms with van der Waals surface area (Å²) in [5.74, 6) is -3.64. The molecule has 0 aromatic heterocycles. The van der Waals surface area contributed by atoms with E-state index in [4.69, 9.17) is 20.4 Å². The van der Waals surface area contributed by atoms with Gasteiger partial charge in [0, 0.05) is 0 Å². The summed E-state index contributed by atoms with van der Waals surface area (Å²) in [6, 6.07) is 0. The summed E-state index contributed by atoms with van der Waals surface area (Å²) in [5, 5.41) is 34.2. The molecule has 0 bridgehead atoms. The molecule has 0 amide bonds. The minimum absolute atomic E-state index is 0.122. The standard InChI is InChI=1S/C6H8O7/c7-1-2(8)3(9)4(10)5(11)6(12)13/h1-4,8-10H,(H,12,13)/t2-,3-,4+/m1/s1. The lowest BCUT2D eigenvalue weighted by atomic mass is 10.1. The first-order chi connectivity index (χ1) is 5.91. The maximum atomic E-state index is 10.5. The number of hydrogen-bond acceptors (Lipinski definition) is 6. The van der Waals surface area contributed by atoms with Gasteiger partial charge in [-0.1, -0.05) is 0 Å². The van der Waals surface area contributed by atoms with Crippen molar-refractivity contribution in [3.8, 4) is 0 Å². The number of carbonyl (C=O) groups excluding carboxylic acids is 2. The van der Waals surface area contributed by atoms with Crippen LogP contribution in [-0.4, -0.2) is 56.8 Å². The van der Waals surface area contributed by atoms with Crippen LogP contribution >= 0.6 is 0 Å². The summed E-state index contributed by atoms with van der Waals surface area (Å²) < 4.78 is 0. The molecule has 0 saturated carbocycles. The van der Waals surface area contributed by atoms with Crippen LogP contribution in [0.5, 0.6) is 0 Å². The van der Waals surface area contributed by atoms with E-state index in [1.54, 1.807) is 0 Å². The van der Waals surface area contributed by atoms with Crippen LogP contribution in [0.4, 0.5) is 0 Å². The Bertz CT molecular complexity index is 223. The van der Waals surface area contributed by atoms with Crippen LogP contribution in [0.15, 0.2) is 0 Å². The number of aldehydes is 1. The minimum Gasteiger partial charge on any atom is -0.475 e. The Morgan fingerprint density at radius 1 is 1.15 bits per heavy atom. The number of rotatable bonds is 5. The predicted molar refractivity (Wildman–Crippen MR) is 36.7 cm³/mol. The first kappa shape index (κ1) is 11.7. The van der Waals surface area contributed by atoms with E-state index in [-0.39, 0.29) is 6.29 Å². The van der Waals surface area contributed by atoms with Crippen LogP contribution in [0.25, 0.3) is 0 Å². The number of aliphatic hydroxyl groups excluding tert-OH is 3. The first-order valence-corrected chi connectivity index (χ1v) is 3.18. The van der Waals surface area contributed by atoms with Gasteiger partial charge in [-0.15, -0.1) is 0 Å². The zero-order valence-corrected chi connectivity index (χ0v) is 6.32. The van der Waals surface area contributed by atoms with Crippen molar-refractivity contribution in [3.05, 3.63) is 0 Å². The smallest absolute Gasteiger partial charge is 0.375 e. The Labute approximate surface area is 72.2 Å². The fourth-order valence-corrected chi connectivity index (χ4v) is 0.549. The fourth-order valence-electron chi connectivity index (χ4n) is 0.549. The van der Waals surface area contributed by atoms with Crippen molar-refractivity contribution >= 4 is 18.0 Å². The third-order valence-electron chi connectivity index (χ3n) is 1.29. The van der Waals surface area contributed by atoms with Crippen molar-refractivity contribution < 1.29 is 34.8 Å². The molecule has 7 heteroatoms. The molecule has 0 rings (SSSR count). The van der Waals surface area contributed by atoms with Gasteiger partial charge in [0.15, 0.2) is 12.4 Å². The van der Waals surface area contributed by atoms with Gasteiger partial charge in [0.1, 0.15) is 12.2 Å². The molecular weight excluding hydrogens is 184 g/mol. The SMILES string of the molecule is O=C[C@@H](O)[C@@H](O)[C@H](O)C(=O)C(=O)O. The van der Waals surface area contributed by atoms with Crippen LogP contribution in [0.2, 0.25) is 0 Å². The van der Waals surface area contributed by atoms with Crippen molar-refractivity contribution in [1.29, 1.82) is 0 Å². The van der Waals surface area contributed by atoms with Gasteiger partial charge < -0.3 is 25.2 Å². The number of aliphatic hydroxyl groups is 3. The number of carbonyl (C=O) groups is 3. The quantitative estimate of drug-likeness (QED) is 0.268. The minimum atomic E-state index is -2.31. The molecular formula is C6H8O7. The molecule has 0 aliphatic carbocycles. The summed E-state index contributed by atoms with van der Waals surface area (Å²) in [4.78, 5) is 30.3. The van der Waals surface area contributed by atoms with Crippen molar-refractivity contribution in [2.24, 2.45) is 0 Å². The average molecular weight is 192 g/mol. The lowest BCUT2D eigenvalue weighted by molar-refractivity contribution is -0.159. The van der Waals surface area contributed by atoms with Crippen molar-refractivity contribution in [2.75, 3.05) is 0 Å². The molecule has 13 heavy (non-hydrogen) atoms. The molecule has 0 aliphatic rings. The highest BCUT2D eigenvalue weighted by molar-refractivity contribution is 6.34. The molecule has 4 N–H and O–H groups in total. The summed E-state index contributed by atoms with van der Waals surface area (Å²) >= 11 is 0. The zero-order chi connectivity index (χ0) is 10.6. The topological polar surface area (TPSA) is 132 Å². The molecule has 0 fully saturated rings. The van der Waals surface area contributed by atoms with Crippen LogP contribution in [-0.2, 0) is 14.4 Å². The van der Waals surface area contributed by atoms with Crippen molar-refractivity contribution in [3.63, 3.8) is 0 Å². The molecule has 74 valence electrons. The Hall–Kier alpha value is -1.31. The molecule has 0 saturated heterocycles. The van der Waals surface area contributed by atoms with Gasteiger partial charge in [0.2, 0.25) is 0 Å². The Kier molecular flexibility index (Phi) is 4.18. The van der Waals surface area contributed by atoms with Gasteiger partial charge >= 0.3 is 5.97 Å². The van der Waals surface area contributed by atoms with Gasteiger partial charge in [-0.05, 0) is 0 Å². The monoisotopic (exact) mass is 192 g/mol. The number of ketones is 1. The summed E-state index contributed by atoms with van der Waals surface area (Å²) in [6.07, 6.45) is -6.54. The molecule has 0 radical (unpaired) electrons. The Balaban J connectivity index is 4.41. The van der Waals surface area contributed by atoms with Crippen LogP contribution in [0.3, 0.4) is 0 Å². The largest absolute Gasteiger partial charge is 0.475 e. The number of aliphatic carboxylic acids is 1. The average Bonchev–Trinajstić information content (AvgIpc) is 2.12. The first-order valence-electron chi connectivity index (χ1n) is 3.18. The van der Waals surface area contributed by atoms with E-state index in [9.17, 15) is 14.4 Å². The van der Waals surface area contributed by atoms with Gasteiger partial charge in [-0.25, -0.2) is 4.79 Å². The predicted octanol–water partition coefficient (Wildman–Crippen LogP) is -3.08.